The third-order valence-electron chi connectivity index (χ3n) is 0. The van der Waals surface area contributed by atoms with Crippen molar-refractivity contribution in [3.05, 3.63) is 0 Å². The Bertz CT molecular complexity index is 158. The fourth-order valence-corrected chi connectivity index (χ4v) is 0. The van der Waals surface area contributed by atoms with Gasteiger partial charge in [-0.15, -0.1) is 0 Å². The Kier molecular flexibility index (Phi) is 11.9. The van der Waals surface area contributed by atoms with E-state index in [4.69, 9.17) is 27.4 Å². The van der Waals surface area contributed by atoms with Crippen LogP contribution in [0.3, 0.4) is 0 Å². The summed E-state index contributed by atoms with van der Waals surface area (Å²) in [6.45, 7) is 0.972. The van der Waals surface area contributed by atoms with Crippen molar-refractivity contribution in [3.8, 4) is 0 Å². The predicted molar refractivity (Wildman–Crippen MR) is 21.2 cm³/mol. The number of carbonyl (C=O) groups is 1. The molecule has 0 aromatic heterocycles. The normalized spacial score (nSPS) is 8.30. The van der Waals surface area contributed by atoms with Crippen LogP contribution in [0.1, 0.15) is 6.92 Å². The number of hydrogen-bond acceptors (Lipinski definition) is 6. The summed E-state index contributed by atoms with van der Waals surface area (Å²) in [6.07, 6.45) is 0. The van der Waals surface area contributed by atoms with E-state index >= 15 is 0 Å². The Morgan fingerprint density at radius 2 is 1.30 bits per heavy atom. The predicted octanol–water partition coefficient (Wildman–Crippen LogP) is -2.58. The first-order chi connectivity index (χ1) is 3.73. The van der Waals surface area contributed by atoms with Crippen molar-refractivity contribution >= 4 is 16.4 Å². The molecule has 64 valence electrons. The molecule has 0 unspecified atom stereocenters. The second-order valence-corrected chi connectivity index (χ2v) is 1.72. The average molecular weight is 263 g/mol. The molecule has 0 bridgehead atoms. The van der Waals surface area contributed by atoms with Crippen molar-refractivity contribution in [2.24, 2.45) is 0 Å². The molecule has 0 amide bonds. The molecule has 0 aromatic carbocycles. The van der Waals surface area contributed by atoms with Gasteiger partial charge in [-0.1, -0.05) is 0 Å². The maximum absolute atomic E-state index is 8.89. The molecular weight excluding hydrogens is 260 g/mol. The standard InChI is InChI=1S/C2H4O2.Ag.H2O4S/c1-2(3)4;;1-5(2,3)4/h1H3,(H,3,4);;(H2,1,2,3,4)/q;+3;/p-3. The quantitative estimate of drug-likeness (QED) is 0.269. The number of carbonyl (C=O) groups excluding carboxylic acids is 1. The average Bonchev–Trinajstić information content (AvgIpc) is 1.19. The Morgan fingerprint density at radius 1 is 1.30 bits per heavy atom. The first-order valence-electron chi connectivity index (χ1n) is 1.57. The number of carboxylic acid groups (broad SMARTS) is 1. The van der Waals surface area contributed by atoms with Crippen LogP contribution in [0, 0.1) is 0 Å². The third kappa shape index (κ3) is 62900. The van der Waals surface area contributed by atoms with Crippen LogP contribution in [-0.2, 0) is 37.6 Å². The zero-order valence-corrected chi connectivity index (χ0v) is 6.96. The molecule has 0 aliphatic rings. The number of hydrogen-bond donors (Lipinski definition) is 0. The minimum Gasteiger partial charge on any atom is -0.759 e. The topological polar surface area (TPSA) is 120 Å². The van der Waals surface area contributed by atoms with Crippen LogP contribution in [0.25, 0.3) is 0 Å². The molecule has 0 aromatic rings. The molecule has 0 heterocycles. The van der Waals surface area contributed by atoms with Gasteiger partial charge in [0, 0.05) is 16.4 Å². The Balaban J connectivity index is -0.0000000910. The van der Waals surface area contributed by atoms with Crippen molar-refractivity contribution in [1.29, 1.82) is 0 Å². The van der Waals surface area contributed by atoms with E-state index in [1.54, 1.807) is 0 Å². The molecule has 6 nitrogen and oxygen atoms in total. The largest absolute Gasteiger partial charge is 3.00 e. The fraction of sp³-hybridized carbons (Fsp3) is 0.500. The molecule has 0 radical (unpaired) electrons. The second kappa shape index (κ2) is 7.19. The van der Waals surface area contributed by atoms with Gasteiger partial charge in [-0.3, -0.25) is 8.42 Å². The Hall–Kier alpha value is 0.0803. The Labute approximate surface area is 73.3 Å². The van der Waals surface area contributed by atoms with Gasteiger partial charge in [0.2, 0.25) is 0 Å². The maximum Gasteiger partial charge on any atom is 3.00 e. The van der Waals surface area contributed by atoms with Crippen molar-refractivity contribution in [3.63, 3.8) is 0 Å². The molecule has 0 spiro atoms. The van der Waals surface area contributed by atoms with Crippen LogP contribution >= 0.6 is 0 Å². The smallest absolute Gasteiger partial charge is 0.759 e. The molecule has 10 heavy (non-hydrogen) atoms. The summed E-state index contributed by atoms with van der Waals surface area (Å²) in [5.41, 5.74) is 0. The van der Waals surface area contributed by atoms with E-state index in [-0.39, 0.29) is 22.4 Å². The summed E-state index contributed by atoms with van der Waals surface area (Å²) < 4.78 is 34.1. The van der Waals surface area contributed by atoms with Gasteiger partial charge in [-0.25, -0.2) is 0 Å². The molecule has 0 aliphatic heterocycles. The second-order valence-electron chi connectivity index (χ2n) is 0.900. The van der Waals surface area contributed by atoms with E-state index < -0.39 is 16.4 Å². The maximum atomic E-state index is 8.89. The van der Waals surface area contributed by atoms with Crippen molar-refractivity contribution in [2.45, 2.75) is 6.92 Å². The molecule has 0 saturated heterocycles. The summed E-state index contributed by atoms with van der Waals surface area (Å²) >= 11 is 0. The monoisotopic (exact) mass is 262 g/mol. The van der Waals surface area contributed by atoms with E-state index in [0.717, 1.165) is 6.92 Å². The van der Waals surface area contributed by atoms with Gasteiger partial charge in [-0.2, -0.15) is 0 Å². The van der Waals surface area contributed by atoms with Crippen LogP contribution < -0.4 is 5.11 Å². The molecular formula is C2H3AgO6S. The minimum absolute atomic E-state index is 0. The van der Waals surface area contributed by atoms with E-state index in [1.807, 2.05) is 0 Å². The van der Waals surface area contributed by atoms with Crippen LogP contribution in [0.15, 0.2) is 0 Å². The van der Waals surface area contributed by atoms with Crippen LogP contribution in [0.2, 0.25) is 0 Å². The third-order valence-corrected chi connectivity index (χ3v) is 0. The number of rotatable bonds is 0. The zero-order chi connectivity index (χ0) is 8.08. The van der Waals surface area contributed by atoms with Gasteiger partial charge < -0.3 is 19.0 Å². The summed E-state index contributed by atoms with van der Waals surface area (Å²) in [4.78, 5) is 8.89. The SMILES string of the molecule is CC(=O)[O-].O=S(=O)([O-])[O-].[Ag+3]. The van der Waals surface area contributed by atoms with Crippen LogP contribution in [0.4, 0.5) is 0 Å². The van der Waals surface area contributed by atoms with E-state index in [9.17, 15) is 0 Å². The van der Waals surface area contributed by atoms with Crippen LogP contribution in [0.5, 0.6) is 0 Å². The van der Waals surface area contributed by atoms with Crippen molar-refractivity contribution in [1.82, 2.24) is 0 Å². The molecule has 0 aliphatic carbocycles. The van der Waals surface area contributed by atoms with Crippen LogP contribution in [-0.4, -0.2) is 23.5 Å². The van der Waals surface area contributed by atoms with Gasteiger partial charge in [0.05, 0.1) is 0 Å². The molecule has 0 saturated carbocycles. The zero-order valence-electron chi connectivity index (χ0n) is 4.66. The molecule has 0 atom stereocenters. The number of carboxylic acids is 1. The van der Waals surface area contributed by atoms with Gasteiger partial charge in [0.25, 0.3) is 0 Å². The summed E-state index contributed by atoms with van der Waals surface area (Å²) in [5, 5.41) is 8.89. The molecule has 0 rings (SSSR count). The first kappa shape index (κ1) is 16.6. The molecule has 0 fully saturated rings. The van der Waals surface area contributed by atoms with Crippen molar-refractivity contribution in [2.75, 3.05) is 0 Å². The van der Waals surface area contributed by atoms with E-state index in [1.165, 1.54) is 0 Å². The van der Waals surface area contributed by atoms with Gasteiger partial charge >= 0.3 is 22.4 Å². The fourth-order valence-electron chi connectivity index (χ4n) is 0. The van der Waals surface area contributed by atoms with Gasteiger partial charge in [0.15, 0.2) is 0 Å². The van der Waals surface area contributed by atoms with Gasteiger partial charge in [-0.05, 0) is 6.92 Å². The summed E-state index contributed by atoms with van der Waals surface area (Å²) in [6, 6.07) is 0. The van der Waals surface area contributed by atoms with Crippen molar-refractivity contribution < 1.29 is 49.8 Å². The molecule has 8 heteroatoms. The Morgan fingerprint density at radius 3 is 1.30 bits per heavy atom. The summed E-state index contributed by atoms with van der Waals surface area (Å²) in [5.74, 6) is -1.08. The molecule has 0 N–H and O–H groups in total. The first-order valence-corrected chi connectivity index (χ1v) is 2.91. The van der Waals surface area contributed by atoms with E-state index in [2.05, 4.69) is 0 Å². The minimum atomic E-state index is -5.17. The van der Waals surface area contributed by atoms with Gasteiger partial charge in [0.1, 0.15) is 0 Å². The number of aliphatic carboxylic acids is 1. The van der Waals surface area contributed by atoms with E-state index in [0.29, 0.717) is 0 Å². The summed E-state index contributed by atoms with van der Waals surface area (Å²) in [7, 11) is -5.17.